The van der Waals surface area contributed by atoms with Crippen LogP contribution in [-0.2, 0) is 13.0 Å². The molecule has 0 unspecified atom stereocenters. The molecule has 7 nitrogen and oxygen atoms in total. The largest absolute Gasteiger partial charge is 0.493 e. The molecule has 0 spiro atoms. The van der Waals surface area contributed by atoms with Crippen LogP contribution in [0.4, 0.5) is 5.95 Å². The van der Waals surface area contributed by atoms with Crippen LogP contribution in [-0.4, -0.2) is 23.3 Å². The molecular formula is C21H20Cl2N4O3. The molecule has 0 aliphatic heterocycles. The molecule has 0 saturated heterocycles. The second kappa shape index (κ2) is 10.1. The molecule has 0 bridgehead atoms. The smallest absolute Gasteiger partial charge is 0.252 e. The van der Waals surface area contributed by atoms with E-state index in [1.54, 1.807) is 37.6 Å². The number of aromatic nitrogens is 2. The molecule has 0 atom stereocenters. The maximum atomic E-state index is 11.6. The van der Waals surface area contributed by atoms with Crippen LogP contribution in [0.15, 0.2) is 52.4 Å². The lowest BCUT2D eigenvalue weighted by Crippen LogP contribution is -2.11. The number of hydrogen-bond acceptors (Lipinski definition) is 6. The first-order chi connectivity index (χ1) is 14.5. The minimum atomic E-state index is -0.233. The van der Waals surface area contributed by atoms with Gasteiger partial charge < -0.3 is 9.47 Å². The highest BCUT2D eigenvalue weighted by molar-refractivity contribution is 6.35. The Bertz CT molecular complexity index is 1120. The van der Waals surface area contributed by atoms with Gasteiger partial charge in [-0.2, -0.15) is 5.10 Å². The molecule has 0 radical (unpaired) electrons. The van der Waals surface area contributed by atoms with E-state index in [1.807, 2.05) is 19.1 Å². The van der Waals surface area contributed by atoms with Gasteiger partial charge in [-0.15, -0.1) is 0 Å². The van der Waals surface area contributed by atoms with Gasteiger partial charge in [0.25, 0.3) is 5.56 Å². The van der Waals surface area contributed by atoms with Crippen LogP contribution in [0.5, 0.6) is 11.5 Å². The molecule has 0 fully saturated rings. The van der Waals surface area contributed by atoms with Gasteiger partial charge in [-0.25, -0.2) is 10.4 Å². The van der Waals surface area contributed by atoms with Gasteiger partial charge in [0.05, 0.1) is 13.3 Å². The minimum absolute atomic E-state index is 0.233. The second-order valence-electron chi connectivity index (χ2n) is 6.24. The van der Waals surface area contributed by atoms with Gasteiger partial charge in [0.15, 0.2) is 11.5 Å². The normalized spacial score (nSPS) is 10.9. The Morgan fingerprint density at radius 1 is 1.17 bits per heavy atom. The van der Waals surface area contributed by atoms with Crippen molar-refractivity contribution >= 4 is 35.4 Å². The van der Waals surface area contributed by atoms with Crippen molar-refractivity contribution in [2.75, 3.05) is 12.5 Å². The Morgan fingerprint density at radius 3 is 2.73 bits per heavy atom. The van der Waals surface area contributed by atoms with Gasteiger partial charge in [-0.05, 0) is 42.3 Å². The average molecular weight is 447 g/mol. The van der Waals surface area contributed by atoms with E-state index in [0.29, 0.717) is 33.7 Å². The summed E-state index contributed by atoms with van der Waals surface area (Å²) in [5, 5.41) is 5.22. The summed E-state index contributed by atoms with van der Waals surface area (Å²) < 4.78 is 11.3. The summed E-state index contributed by atoms with van der Waals surface area (Å²) in [4.78, 5) is 18.4. The molecule has 0 amide bonds. The van der Waals surface area contributed by atoms with Gasteiger partial charge in [0.2, 0.25) is 5.95 Å². The molecule has 156 valence electrons. The van der Waals surface area contributed by atoms with Crippen LogP contribution < -0.4 is 20.5 Å². The number of rotatable bonds is 8. The molecule has 1 aromatic heterocycles. The number of methoxy groups -OCH3 is 1. The van der Waals surface area contributed by atoms with Crippen LogP contribution in [0.1, 0.15) is 23.7 Å². The molecular weight excluding hydrogens is 427 g/mol. The summed E-state index contributed by atoms with van der Waals surface area (Å²) in [6.07, 6.45) is 2.24. The lowest BCUT2D eigenvalue weighted by atomic mass is 10.2. The van der Waals surface area contributed by atoms with Crippen molar-refractivity contribution in [3.8, 4) is 11.5 Å². The maximum Gasteiger partial charge on any atom is 0.252 e. The molecule has 0 aliphatic carbocycles. The summed E-state index contributed by atoms with van der Waals surface area (Å²) in [6, 6.07) is 12.1. The first-order valence-corrected chi connectivity index (χ1v) is 9.88. The standard InChI is InChI=1S/C21H20Cl2N4O3/c1-3-16-10-20(28)26-21(25-16)27-24-11-13-4-7-18(19(8-13)29-2)30-12-14-5-6-15(22)9-17(14)23/h4-11H,3,12H2,1-2H3,(H2,25,26,27,28)/b24-11-. The summed E-state index contributed by atoms with van der Waals surface area (Å²) in [5.41, 5.74) is 4.75. The molecule has 3 aromatic rings. The Balaban J connectivity index is 1.68. The minimum Gasteiger partial charge on any atom is -0.493 e. The van der Waals surface area contributed by atoms with E-state index in [9.17, 15) is 4.79 Å². The number of benzene rings is 2. The summed E-state index contributed by atoms with van der Waals surface area (Å²) in [5.74, 6) is 1.39. The first-order valence-electron chi connectivity index (χ1n) is 9.12. The van der Waals surface area contributed by atoms with Gasteiger partial charge >= 0.3 is 0 Å². The molecule has 3 rings (SSSR count). The van der Waals surface area contributed by atoms with E-state index in [2.05, 4.69) is 20.5 Å². The highest BCUT2D eigenvalue weighted by Crippen LogP contribution is 2.29. The van der Waals surface area contributed by atoms with Crippen LogP contribution in [0.3, 0.4) is 0 Å². The molecule has 0 saturated carbocycles. The van der Waals surface area contributed by atoms with Crippen LogP contribution in [0.2, 0.25) is 10.0 Å². The van der Waals surface area contributed by atoms with Crippen molar-refractivity contribution in [1.29, 1.82) is 0 Å². The highest BCUT2D eigenvalue weighted by atomic mass is 35.5. The monoisotopic (exact) mass is 446 g/mol. The number of aryl methyl sites for hydroxylation is 1. The lowest BCUT2D eigenvalue weighted by molar-refractivity contribution is 0.284. The topological polar surface area (TPSA) is 88.6 Å². The van der Waals surface area contributed by atoms with Gasteiger partial charge in [-0.1, -0.05) is 36.2 Å². The zero-order valence-corrected chi connectivity index (χ0v) is 17.9. The number of ether oxygens (including phenoxy) is 2. The summed E-state index contributed by atoms with van der Waals surface area (Å²) in [7, 11) is 1.56. The lowest BCUT2D eigenvalue weighted by Gasteiger charge is -2.12. The van der Waals surface area contributed by atoms with E-state index in [0.717, 1.165) is 11.1 Å². The number of nitrogens with one attached hydrogen (secondary N) is 2. The first kappa shape index (κ1) is 21.7. The number of hydrazone groups is 1. The van der Waals surface area contributed by atoms with E-state index in [4.69, 9.17) is 32.7 Å². The maximum absolute atomic E-state index is 11.6. The number of anilines is 1. The molecule has 30 heavy (non-hydrogen) atoms. The average Bonchev–Trinajstić information content (AvgIpc) is 2.73. The fraction of sp³-hybridized carbons (Fsp3) is 0.190. The van der Waals surface area contributed by atoms with Crippen molar-refractivity contribution in [3.63, 3.8) is 0 Å². The fourth-order valence-electron chi connectivity index (χ4n) is 2.59. The Labute approximate surface area is 183 Å². The van der Waals surface area contributed by atoms with Crippen LogP contribution in [0, 0.1) is 0 Å². The van der Waals surface area contributed by atoms with Gasteiger partial charge in [0.1, 0.15) is 6.61 Å². The van der Waals surface area contributed by atoms with Crippen LogP contribution in [0.25, 0.3) is 0 Å². The van der Waals surface area contributed by atoms with Crippen molar-refractivity contribution < 1.29 is 9.47 Å². The predicted octanol–water partition coefficient (Wildman–Crippen LogP) is 4.67. The quantitative estimate of drug-likeness (QED) is 0.387. The third kappa shape index (κ3) is 5.75. The number of hydrogen-bond donors (Lipinski definition) is 2. The van der Waals surface area contributed by atoms with Gasteiger partial charge in [-0.3, -0.25) is 9.78 Å². The second-order valence-corrected chi connectivity index (χ2v) is 7.09. The number of halogens is 2. The third-order valence-corrected chi connectivity index (χ3v) is 4.71. The van der Waals surface area contributed by atoms with Crippen molar-refractivity contribution in [3.05, 3.63) is 79.7 Å². The predicted molar refractivity (Wildman–Crippen MR) is 119 cm³/mol. The zero-order valence-electron chi connectivity index (χ0n) is 16.4. The zero-order chi connectivity index (χ0) is 21.5. The Morgan fingerprint density at radius 2 is 2.00 bits per heavy atom. The highest BCUT2D eigenvalue weighted by Gasteiger charge is 2.08. The molecule has 0 aliphatic rings. The Hall–Kier alpha value is -3.03. The molecule has 9 heteroatoms. The number of H-pyrrole nitrogens is 1. The van der Waals surface area contributed by atoms with Gasteiger partial charge in [0, 0.05) is 27.4 Å². The molecule has 1 heterocycles. The molecule has 2 N–H and O–H groups in total. The van der Waals surface area contributed by atoms with E-state index >= 15 is 0 Å². The number of aromatic amines is 1. The van der Waals surface area contributed by atoms with Crippen molar-refractivity contribution in [1.82, 2.24) is 9.97 Å². The fourth-order valence-corrected chi connectivity index (χ4v) is 3.05. The van der Waals surface area contributed by atoms with E-state index < -0.39 is 0 Å². The molecule has 2 aromatic carbocycles. The SMILES string of the molecule is CCc1cc(=O)[nH]c(N/N=C\c2ccc(OCc3ccc(Cl)cc3Cl)c(OC)c2)n1. The Kier molecular flexibility index (Phi) is 7.32. The van der Waals surface area contributed by atoms with Crippen molar-refractivity contribution in [2.45, 2.75) is 20.0 Å². The number of nitrogens with zero attached hydrogens (tertiary/aromatic N) is 2. The summed E-state index contributed by atoms with van der Waals surface area (Å²) >= 11 is 12.1. The summed E-state index contributed by atoms with van der Waals surface area (Å²) in [6.45, 7) is 2.19. The third-order valence-electron chi connectivity index (χ3n) is 4.13. The van der Waals surface area contributed by atoms with E-state index in [1.165, 1.54) is 6.07 Å². The van der Waals surface area contributed by atoms with Crippen LogP contribution >= 0.6 is 23.2 Å². The van der Waals surface area contributed by atoms with E-state index in [-0.39, 0.29) is 18.1 Å². The van der Waals surface area contributed by atoms with Crippen molar-refractivity contribution in [2.24, 2.45) is 5.10 Å².